The van der Waals surface area contributed by atoms with Crippen LogP contribution in [0.15, 0.2) is 24.3 Å². The fraction of sp³-hybridized carbons (Fsp3) is 0.714. The first-order valence-electron chi connectivity index (χ1n) is 19.9. The number of aliphatic hydroxyl groups is 2. The summed E-state index contributed by atoms with van der Waals surface area (Å²) in [5.41, 5.74) is 4.93. The Morgan fingerprint density at radius 3 is 2.37 bits per heavy atom. The van der Waals surface area contributed by atoms with E-state index < -0.39 is 84.6 Å². The summed E-state index contributed by atoms with van der Waals surface area (Å²) in [5.74, 6) is 0.166. The van der Waals surface area contributed by atoms with Crippen molar-refractivity contribution in [3.8, 4) is 0 Å². The fourth-order valence-electron chi connectivity index (χ4n) is 6.07. The summed E-state index contributed by atoms with van der Waals surface area (Å²) in [4.78, 5) is 88.5. The Morgan fingerprint density at radius 1 is 1.02 bits per heavy atom. The van der Waals surface area contributed by atoms with E-state index in [-0.39, 0.29) is 41.6 Å². The number of aromatic nitrogens is 4. The number of imidazole rings is 1. The number of aliphatic hydroxyl groups excluding tert-OH is 2. The van der Waals surface area contributed by atoms with Crippen LogP contribution < -0.4 is 16.4 Å². The van der Waals surface area contributed by atoms with Crippen LogP contribution >= 0.6 is 35.2 Å². The summed E-state index contributed by atoms with van der Waals surface area (Å²) in [6.07, 6.45) is 0.427. The van der Waals surface area contributed by atoms with Crippen molar-refractivity contribution in [1.29, 1.82) is 0 Å². The van der Waals surface area contributed by atoms with E-state index in [1.165, 1.54) is 26.7 Å². The molecule has 2 aromatic rings. The van der Waals surface area contributed by atoms with Crippen LogP contribution in [-0.2, 0) is 50.7 Å². The predicted octanol–water partition coefficient (Wildman–Crippen LogP) is 2.85. The molecule has 1 saturated heterocycles. The average molecular weight is 976 g/mol. The first-order valence-corrected chi connectivity index (χ1v) is 25.5. The molecule has 8 atom stereocenters. The Bertz CT molecular complexity index is 2040. The average Bonchev–Trinajstić information content (AvgIpc) is 3.74. The fourth-order valence-corrected chi connectivity index (χ4v) is 9.60. The van der Waals surface area contributed by atoms with Gasteiger partial charge in [-0.15, -0.1) is 0 Å². The van der Waals surface area contributed by atoms with Gasteiger partial charge >= 0.3 is 23.5 Å². The van der Waals surface area contributed by atoms with Crippen LogP contribution in [0, 0.1) is 17.3 Å². The van der Waals surface area contributed by atoms with E-state index in [1.807, 2.05) is 6.08 Å². The zero-order valence-corrected chi connectivity index (χ0v) is 39.3. The zero-order valence-electron chi connectivity index (χ0n) is 35.8. The highest BCUT2D eigenvalue weighted by atomic mass is 32.2. The number of allylic oxidation sites excluding steroid dienone is 1. The number of carbonyl (C=O) groups is 3. The number of hydrogen-bond donors (Lipinski definition) is 9. The number of thioether (sulfide) groups is 1. The van der Waals surface area contributed by atoms with Gasteiger partial charge in [-0.3, -0.25) is 32.5 Å². The summed E-state index contributed by atoms with van der Waals surface area (Å²) in [6, 6.07) is 0. The molecule has 28 heteroatoms. The van der Waals surface area contributed by atoms with Crippen molar-refractivity contribution >= 4 is 69.1 Å². The molecule has 3 heterocycles. The molecular formula is C35H60N7O17P3S. The molecule has 1 fully saturated rings. The maximum atomic E-state index is 12.7. The molecule has 2 amide bonds. The lowest BCUT2D eigenvalue weighted by Crippen LogP contribution is -2.46. The Morgan fingerprint density at radius 2 is 1.70 bits per heavy atom. The van der Waals surface area contributed by atoms with Crippen LogP contribution in [0.3, 0.4) is 0 Å². The molecule has 3 unspecified atom stereocenters. The quantitative estimate of drug-likeness (QED) is 0.0353. The highest BCUT2D eigenvalue weighted by Crippen LogP contribution is 2.61. The molecule has 1 aliphatic rings. The largest absolute Gasteiger partial charge is 0.481 e. The van der Waals surface area contributed by atoms with E-state index in [1.54, 1.807) is 6.92 Å². The van der Waals surface area contributed by atoms with Crippen molar-refractivity contribution < 1.29 is 80.5 Å². The smallest absolute Gasteiger partial charge is 0.386 e. The third kappa shape index (κ3) is 18.2. The first kappa shape index (κ1) is 54.6. The Hall–Kier alpha value is -2.70. The number of anilines is 1. The molecule has 3 rings (SSSR count). The van der Waals surface area contributed by atoms with Crippen molar-refractivity contribution in [3.63, 3.8) is 0 Å². The highest BCUT2D eigenvalue weighted by molar-refractivity contribution is 8.14. The second-order valence-electron chi connectivity index (χ2n) is 16.1. The predicted molar refractivity (Wildman–Crippen MR) is 228 cm³/mol. The summed E-state index contributed by atoms with van der Waals surface area (Å²) in [5, 5.41) is 26.5. The minimum atomic E-state index is -5.58. The van der Waals surface area contributed by atoms with Crippen molar-refractivity contribution in [1.82, 2.24) is 30.2 Å². The molecule has 63 heavy (non-hydrogen) atoms. The molecule has 1 aliphatic heterocycles. The van der Waals surface area contributed by atoms with Gasteiger partial charge in [-0.1, -0.05) is 71.7 Å². The number of carbonyl (C=O) groups excluding carboxylic acids is 3. The molecule has 2 aromatic heterocycles. The third-order valence-corrected chi connectivity index (χ3v) is 13.7. The van der Waals surface area contributed by atoms with Crippen molar-refractivity contribution in [2.24, 2.45) is 17.3 Å². The van der Waals surface area contributed by atoms with Crippen LogP contribution in [0.5, 0.6) is 0 Å². The molecule has 0 spiro atoms. The Kier molecular flexibility index (Phi) is 21.0. The van der Waals surface area contributed by atoms with E-state index in [9.17, 15) is 57.9 Å². The van der Waals surface area contributed by atoms with Crippen LogP contribution in [0.25, 0.3) is 11.2 Å². The van der Waals surface area contributed by atoms with Gasteiger partial charge in [0.2, 0.25) is 16.9 Å². The zero-order chi connectivity index (χ0) is 47.3. The molecule has 10 N–H and O–H groups in total. The molecule has 0 aliphatic carbocycles. The number of phosphoric ester groups is 3. The van der Waals surface area contributed by atoms with Crippen molar-refractivity contribution in [2.45, 2.75) is 111 Å². The standard InChI is InChI=1S/C35H60N7O17P3S/c1-21(2)9-7-10-22(3)11-8-12-23(4)34(47)63-16-15-37-25(43)13-14-38-32(46)29(45)35(5,6)18-56-62(53,54)59-61(51,52)55-17-24-28(58-60(48,49)50)27(44)33(57-24)42-20-41-26-30(36)39-19-40-31(26)42/h12,19-22,24,27-29,33,44-45H,7-11,13-18H2,1-6H3,(H,37,43)(H,38,46)(H,51,52)(H,53,54)(H2,36,39,40)(H2,48,49,50)/b23-12+/t22-,24+,27-,28-,29?,33+/m0/s1. The van der Waals surface area contributed by atoms with Gasteiger partial charge in [0.05, 0.1) is 19.5 Å². The Balaban J connectivity index is 1.41. The van der Waals surface area contributed by atoms with Gasteiger partial charge in [0.15, 0.2) is 17.7 Å². The van der Waals surface area contributed by atoms with Gasteiger partial charge in [0, 0.05) is 30.7 Å². The molecular weight excluding hydrogens is 915 g/mol. The van der Waals surface area contributed by atoms with Crippen LogP contribution in [0.2, 0.25) is 0 Å². The first-order chi connectivity index (χ1) is 29.2. The van der Waals surface area contributed by atoms with E-state index in [2.05, 4.69) is 55.2 Å². The van der Waals surface area contributed by atoms with Gasteiger partial charge < -0.3 is 50.9 Å². The number of nitrogens with zero attached hydrogens (tertiary/aromatic N) is 4. The van der Waals surface area contributed by atoms with Crippen LogP contribution in [0.4, 0.5) is 5.82 Å². The summed E-state index contributed by atoms with van der Waals surface area (Å²) < 4.78 is 62.4. The summed E-state index contributed by atoms with van der Waals surface area (Å²) >= 11 is 1.09. The van der Waals surface area contributed by atoms with E-state index in [0.29, 0.717) is 23.2 Å². The van der Waals surface area contributed by atoms with E-state index in [4.69, 9.17) is 19.5 Å². The molecule has 24 nitrogen and oxygen atoms in total. The minimum absolute atomic E-state index is 0.0312. The van der Waals surface area contributed by atoms with Gasteiger partial charge in [-0.2, -0.15) is 4.31 Å². The SMILES string of the molecule is C/C(=C\CC[C@@H](C)CCCC(C)C)C(=O)SCCNC(=O)CCNC(=O)C(O)C(C)(C)COP(=O)(O)OP(=O)(O)OC[C@H]1O[C@@H](n2cnc3c(N)ncnc32)[C@@H](O)[C@H]1OP(=O)(O)O. The maximum absolute atomic E-state index is 12.7. The maximum Gasteiger partial charge on any atom is 0.481 e. The molecule has 0 aromatic carbocycles. The molecule has 0 bridgehead atoms. The lowest BCUT2D eigenvalue weighted by molar-refractivity contribution is -0.137. The van der Waals surface area contributed by atoms with Crippen LogP contribution in [-0.4, -0.2) is 123 Å². The highest BCUT2D eigenvalue weighted by Gasteiger charge is 2.50. The van der Waals surface area contributed by atoms with E-state index >= 15 is 0 Å². The molecule has 0 saturated carbocycles. The normalized spacial score (nSPS) is 21.5. The van der Waals surface area contributed by atoms with Gasteiger partial charge in [-0.25, -0.2) is 28.6 Å². The number of fused-ring (bicyclic) bond motifs is 1. The number of nitrogen functional groups attached to an aromatic ring is 1. The Labute approximate surface area is 368 Å². The molecule has 0 radical (unpaired) electrons. The van der Waals surface area contributed by atoms with Gasteiger partial charge in [0.25, 0.3) is 0 Å². The lowest BCUT2D eigenvalue weighted by Gasteiger charge is -2.30. The van der Waals surface area contributed by atoms with Crippen molar-refractivity contribution in [2.75, 3.05) is 37.8 Å². The molecule has 358 valence electrons. The third-order valence-electron chi connectivity index (χ3n) is 9.65. The number of nitrogens with one attached hydrogen (secondary N) is 2. The minimum Gasteiger partial charge on any atom is -0.386 e. The lowest BCUT2D eigenvalue weighted by atomic mass is 9.87. The second-order valence-corrected chi connectivity index (χ2v) is 21.4. The number of ether oxygens (including phenoxy) is 1. The summed E-state index contributed by atoms with van der Waals surface area (Å²) in [7, 11) is -16.4. The van der Waals surface area contributed by atoms with Crippen LogP contribution in [0.1, 0.15) is 86.3 Å². The monoisotopic (exact) mass is 975 g/mol. The second kappa shape index (κ2) is 24.2. The topological polar surface area (TPSA) is 364 Å². The number of nitrogens with two attached hydrogens (primary N) is 1. The number of rotatable bonds is 27. The number of hydrogen-bond acceptors (Lipinski definition) is 18. The number of amides is 2. The van der Waals surface area contributed by atoms with E-state index in [0.717, 1.165) is 48.2 Å². The number of phosphoric acid groups is 3. The summed E-state index contributed by atoms with van der Waals surface area (Å²) in [6.45, 7) is 8.92. The van der Waals surface area contributed by atoms with Gasteiger partial charge in [-0.05, 0) is 37.2 Å². The van der Waals surface area contributed by atoms with Crippen molar-refractivity contribution in [3.05, 3.63) is 24.3 Å². The van der Waals surface area contributed by atoms with Gasteiger partial charge in [0.1, 0.15) is 36.3 Å².